The molecule has 1 aromatic carbocycles. The Balaban J connectivity index is 2.01. The number of hydrogen-bond donors (Lipinski definition) is 1. The first kappa shape index (κ1) is 12.5. The van der Waals surface area contributed by atoms with Gasteiger partial charge in [0.1, 0.15) is 0 Å². The molecule has 0 aromatic heterocycles. The van der Waals surface area contributed by atoms with Crippen LogP contribution >= 0.6 is 0 Å². The first-order chi connectivity index (χ1) is 8.04. The molecule has 0 aliphatic heterocycles. The van der Waals surface area contributed by atoms with E-state index in [2.05, 4.69) is 51.2 Å². The van der Waals surface area contributed by atoms with Crippen LogP contribution in [0.2, 0.25) is 0 Å². The molecule has 0 amide bonds. The van der Waals surface area contributed by atoms with Crippen LogP contribution in [0.15, 0.2) is 18.2 Å². The smallest absolute Gasteiger partial charge is 0.0347 e. The van der Waals surface area contributed by atoms with Gasteiger partial charge in [-0.15, -0.1) is 0 Å². The first-order valence-corrected chi connectivity index (χ1v) is 6.89. The van der Waals surface area contributed by atoms with Crippen LogP contribution < -0.4 is 5.32 Å². The van der Waals surface area contributed by atoms with Crippen molar-refractivity contribution < 1.29 is 0 Å². The summed E-state index contributed by atoms with van der Waals surface area (Å²) in [5.41, 5.74) is 4.00. The molecule has 1 aliphatic carbocycles. The lowest BCUT2D eigenvalue weighted by Crippen LogP contribution is -2.30. The van der Waals surface area contributed by atoms with Crippen molar-refractivity contribution in [2.24, 2.45) is 11.8 Å². The van der Waals surface area contributed by atoms with Crippen molar-refractivity contribution in [1.82, 2.24) is 0 Å². The highest BCUT2D eigenvalue weighted by atomic mass is 14.9. The molecular weight excluding hydrogens is 206 g/mol. The lowest BCUT2D eigenvalue weighted by atomic mass is 9.79. The second-order valence-electron chi connectivity index (χ2n) is 5.99. The third-order valence-corrected chi connectivity index (χ3v) is 4.19. The fraction of sp³-hybridized carbons (Fsp3) is 0.625. The van der Waals surface area contributed by atoms with Gasteiger partial charge in [-0.2, -0.15) is 0 Å². The molecule has 1 aromatic rings. The second-order valence-corrected chi connectivity index (χ2v) is 5.99. The Bertz CT molecular complexity index is 363. The summed E-state index contributed by atoms with van der Waals surface area (Å²) in [6.45, 7) is 9.12. The highest BCUT2D eigenvalue weighted by Crippen LogP contribution is 2.31. The number of anilines is 1. The minimum Gasteiger partial charge on any atom is -0.382 e. The van der Waals surface area contributed by atoms with E-state index >= 15 is 0 Å². The van der Waals surface area contributed by atoms with Crippen molar-refractivity contribution in [2.45, 2.75) is 53.0 Å². The highest BCUT2D eigenvalue weighted by molar-refractivity contribution is 5.49. The number of benzene rings is 1. The highest BCUT2D eigenvalue weighted by Gasteiger charge is 2.24. The predicted octanol–water partition coefficient (Wildman–Crippen LogP) is 4.54. The molecule has 1 heteroatoms. The molecule has 1 fully saturated rings. The summed E-state index contributed by atoms with van der Waals surface area (Å²) >= 11 is 0. The number of rotatable bonds is 2. The van der Waals surface area contributed by atoms with Crippen molar-refractivity contribution in [2.75, 3.05) is 5.32 Å². The zero-order chi connectivity index (χ0) is 12.4. The van der Waals surface area contributed by atoms with Crippen molar-refractivity contribution in [3.05, 3.63) is 29.3 Å². The molecule has 3 unspecified atom stereocenters. The lowest BCUT2D eigenvalue weighted by Gasteiger charge is -2.33. The van der Waals surface area contributed by atoms with E-state index < -0.39 is 0 Å². The zero-order valence-corrected chi connectivity index (χ0v) is 11.6. The lowest BCUT2D eigenvalue weighted by molar-refractivity contribution is 0.261. The Morgan fingerprint density at radius 3 is 2.18 bits per heavy atom. The third kappa shape index (κ3) is 3.24. The first-order valence-electron chi connectivity index (χ1n) is 6.89. The van der Waals surface area contributed by atoms with E-state index in [-0.39, 0.29) is 0 Å². The van der Waals surface area contributed by atoms with E-state index in [9.17, 15) is 0 Å². The van der Waals surface area contributed by atoms with Crippen LogP contribution in [0.4, 0.5) is 5.69 Å². The van der Waals surface area contributed by atoms with Gasteiger partial charge in [-0.1, -0.05) is 19.9 Å². The topological polar surface area (TPSA) is 12.0 Å². The van der Waals surface area contributed by atoms with E-state index in [1.54, 1.807) is 0 Å². The normalized spacial score (nSPS) is 29.1. The molecule has 0 spiro atoms. The van der Waals surface area contributed by atoms with Gasteiger partial charge in [0.2, 0.25) is 0 Å². The summed E-state index contributed by atoms with van der Waals surface area (Å²) in [6, 6.07) is 7.42. The zero-order valence-electron chi connectivity index (χ0n) is 11.6. The molecule has 17 heavy (non-hydrogen) atoms. The Morgan fingerprint density at radius 1 is 0.941 bits per heavy atom. The van der Waals surface area contributed by atoms with Gasteiger partial charge in [-0.05, 0) is 68.2 Å². The van der Waals surface area contributed by atoms with E-state index in [1.165, 1.54) is 36.1 Å². The molecule has 3 atom stereocenters. The number of nitrogens with one attached hydrogen (secondary N) is 1. The molecule has 0 bridgehead atoms. The van der Waals surface area contributed by atoms with Gasteiger partial charge in [-0.3, -0.25) is 0 Å². The van der Waals surface area contributed by atoms with E-state index in [1.807, 2.05) is 0 Å². The molecule has 0 heterocycles. The van der Waals surface area contributed by atoms with Crippen LogP contribution in [0.3, 0.4) is 0 Å². The third-order valence-electron chi connectivity index (χ3n) is 4.19. The Hall–Kier alpha value is -0.980. The standard InChI is InChI=1S/C16H25N/c1-11-7-12(2)9-16(8-11)17-15-6-5-13(3)14(4)10-15/h7-9,13-15,17H,5-6,10H2,1-4H3. The Morgan fingerprint density at radius 2 is 1.59 bits per heavy atom. The van der Waals surface area contributed by atoms with Gasteiger partial charge in [0.25, 0.3) is 0 Å². The van der Waals surface area contributed by atoms with Gasteiger partial charge < -0.3 is 5.32 Å². The minimum atomic E-state index is 0.669. The maximum Gasteiger partial charge on any atom is 0.0347 e. The van der Waals surface area contributed by atoms with Gasteiger partial charge in [0, 0.05) is 11.7 Å². The monoisotopic (exact) mass is 231 g/mol. The Labute approximate surface area is 106 Å². The molecule has 0 radical (unpaired) electrons. The molecule has 1 saturated carbocycles. The maximum atomic E-state index is 3.71. The van der Waals surface area contributed by atoms with Crippen LogP contribution in [0.1, 0.15) is 44.2 Å². The van der Waals surface area contributed by atoms with Crippen molar-refractivity contribution in [3.63, 3.8) is 0 Å². The van der Waals surface area contributed by atoms with Crippen LogP contribution in [-0.2, 0) is 0 Å². The molecule has 1 aliphatic rings. The fourth-order valence-corrected chi connectivity index (χ4v) is 2.97. The molecular formula is C16H25N. The SMILES string of the molecule is Cc1cc(C)cc(NC2CCC(C)C(C)C2)c1. The van der Waals surface area contributed by atoms with Crippen LogP contribution in [0, 0.1) is 25.7 Å². The van der Waals surface area contributed by atoms with Gasteiger partial charge >= 0.3 is 0 Å². The maximum absolute atomic E-state index is 3.71. The predicted molar refractivity (Wildman–Crippen MR) is 75.5 cm³/mol. The Kier molecular flexibility index (Phi) is 3.76. The largest absolute Gasteiger partial charge is 0.382 e. The molecule has 2 rings (SSSR count). The van der Waals surface area contributed by atoms with Gasteiger partial charge in [-0.25, -0.2) is 0 Å². The van der Waals surface area contributed by atoms with Crippen LogP contribution in [-0.4, -0.2) is 6.04 Å². The van der Waals surface area contributed by atoms with Crippen molar-refractivity contribution in [1.29, 1.82) is 0 Å². The second kappa shape index (κ2) is 5.12. The average Bonchev–Trinajstić information content (AvgIpc) is 2.22. The fourth-order valence-electron chi connectivity index (χ4n) is 2.97. The van der Waals surface area contributed by atoms with Crippen LogP contribution in [0.5, 0.6) is 0 Å². The summed E-state index contributed by atoms with van der Waals surface area (Å²) in [7, 11) is 0. The van der Waals surface area contributed by atoms with E-state index in [4.69, 9.17) is 0 Å². The molecule has 1 N–H and O–H groups in total. The summed E-state index contributed by atoms with van der Waals surface area (Å²) < 4.78 is 0. The number of aryl methyl sites for hydroxylation is 2. The molecule has 1 nitrogen and oxygen atoms in total. The van der Waals surface area contributed by atoms with Crippen LogP contribution in [0.25, 0.3) is 0 Å². The molecule has 0 saturated heterocycles. The van der Waals surface area contributed by atoms with Gasteiger partial charge in [0.05, 0.1) is 0 Å². The average molecular weight is 231 g/mol. The quantitative estimate of drug-likeness (QED) is 0.788. The van der Waals surface area contributed by atoms with E-state index in [0.717, 1.165) is 11.8 Å². The van der Waals surface area contributed by atoms with Crippen molar-refractivity contribution in [3.8, 4) is 0 Å². The summed E-state index contributed by atoms with van der Waals surface area (Å²) in [4.78, 5) is 0. The summed E-state index contributed by atoms with van der Waals surface area (Å²) in [5.74, 6) is 1.75. The summed E-state index contributed by atoms with van der Waals surface area (Å²) in [5, 5.41) is 3.71. The number of hydrogen-bond acceptors (Lipinski definition) is 1. The van der Waals surface area contributed by atoms with Gasteiger partial charge in [0.15, 0.2) is 0 Å². The minimum absolute atomic E-state index is 0.669. The van der Waals surface area contributed by atoms with E-state index in [0.29, 0.717) is 6.04 Å². The summed E-state index contributed by atoms with van der Waals surface area (Å²) in [6.07, 6.45) is 4.00. The van der Waals surface area contributed by atoms with Crippen molar-refractivity contribution >= 4 is 5.69 Å². The molecule has 94 valence electrons.